The van der Waals surface area contributed by atoms with Crippen LogP contribution in [0, 0.1) is 17.9 Å². The second-order valence-corrected chi connectivity index (χ2v) is 23.8. The maximum Gasteiger partial charge on any atom is 0.343 e. The molecule has 2 aromatic carbocycles. The van der Waals surface area contributed by atoms with Gasteiger partial charge < -0.3 is 54.4 Å². The summed E-state index contributed by atoms with van der Waals surface area (Å²) in [5, 5.41) is 13.9. The number of hydrogen-bond donors (Lipinski definition) is 3. The van der Waals surface area contributed by atoms with Crippen molar-refractivity contribution in [3.05, 3.63) is 103 Å². The van der Waals surface area contributed by atoms with E-state index in [0.29, 0.717) is 25.4 Å². The molecule has 2 aromatic rings. The number of aliphatic hydroxyl groups is 1. The van der Waals surface area contributed by atoms with E-state index in [9.17, 15) is 24.3 Å². The summed E-state index contributed by atoms with van der Waals surface area (Å²) >= 11 is 3.37. The van der Waals surface area contributed by atoms with Gasteiger partial charge in [0.25, 0.3) is 5.91 Å². The Hall–Kier alpha value is -3.66. The minimum atomic E-state index is -1.14. The van der Waals surface area contributed by atoms with Gasteiger partial charge in [0.15, 0.2) is 23.8 Å². The maximum absolute atomic E-state index is 13.4. The van der Waals surface area contributed by atoms with Crippen molar-refractivity contribution in [2.75, 3.05) is 43.2 Å². The number of carbonyl (C=O) groups is 4. The molecule has 406 valence electrons. The molecule has 0 spiro atoms. The number of halogens is 1. The highest BCUT2D eigenvalue weighted by Crippen LogP contribution is 2.37. The third-order valence-electron chi connectivity index (χ3n) is 11.9. The normalized spacial score (nSPS) is 28.8. The van der Waals surface area contributed by atoms with E-state index in [4.69, 9.17) is 38.9 Å². The summed E-state index contributed by atoms with van der Waals surface area (Å²) in [5.41, 5.74) is 7.92. The third kappa shape index (κ3) is 18.8. The van der Waals surface area contributed by atoms with Crippen molar-refractivity contribution in [2.24, 2.45) is 16.6 Å². The molecule has 19 heteroatoms. The van der Waals surface area contributed by atoms with Crippen LogP contribution in [0.3, 0.4) is 0 Å². The first-order valence-electron chi connectivity index (χ1n) is 24.6. The average Bonchev–Trinajstić information content (AvgIpc) is 3.41. The molecular weight excluding hydrogens is 996 g/mol. The molecular formula is C54H80ClN4O12S2+. The molecule has 73 heavy (non-hydrogen) atoms. The van der Waals surface area contributed by atoms with Crippen LogP contribution in [0.5, 0.6) is 0 Å². The number of ether oxygens (including phenoxy) is 7. The van der Waals surface area contributed by atoms with E-state index in [1.54, 1.807) is 48.3 Å². The monoisotopic (exact) mass is 1080 g/mol. The predicted molar refractivity (Wildman–Crippen MR) is 287 cm³/mol. The van der Waals surface area contributed by atoms with Crippen molar-refractivity contribution >= 4 is 59.6 Å². The molecule has 0 bridgehead atoms. The van der Waals surface area contributed by atoms with Crippen molar-refractivity contribution in [1.82, 2.24) is 15.1 Å². The second kappa shape index (κ2) is 27.4. The fourth-order valence-electron chi connectivity index (χ4n) is 8.44. The van der Waals surface area contributed by atoms with Crippen LogP contribution in [0.2, 0.25) is 0 Å². The van der Waals surface area contributed by atoms with Gasteiger partial charge >= 0.3 is 5.97 Å². The summed E-state index contributed by atoms with van der Waals surface area (Å²) in [6.45, 7) is 22.1. The number of nitrogens with one attached hydrogen (secondary N) is 1. The minimum Gasteiger partial charge on any atom is -0.454 e. The molecule has 5 aliphatic rings. The molecule has 16 nitrogen and oxygen atoms in total. The van der Waals surface area contributed by atoms with Crippen LogP contribution in [0.25, 0.3) is 0 Å². The molecule has 5 aliphatic heterocycles. The number of esters is 1. The Morgan fingerprint density at radius 3 is 1.81 bits per heavy atom. The molecule has 0 aliphatic carbocycles. The van der Waals surface area contributed by atoms with E-state index >= 15 is 0 Å². The van der Waals surface area contributed by atoms with Crippen LogP contribution in [0.1, 0.15) is 80.4 Å². The molecule has 7 rings (SSSR count). The summed E-state index contributed by atoms with van der Waals surface area (Å²) in [5.74, 6) is 0.107. The number of nitrogens with two attached hydrogens (primary N) is 1. The fraction of sp³-hybridized carbons (Fsp3) is 0.611. The minimum absolute atomic E-state index is 0. The number of rotatable bonds is 11. The van der Waals surface area contributed by atoms with E-state index in [-0.39, 0.29) is 47.2 Å². The standard InChI is InChI=1S/C27H40N2O6S.C15H23O5.C12H16N2OS.ClH/c1-26(2,3)13-12-20-21(30)22(35-27(4,5)34-20)23(33-6)24(31)28-19-17-36-15-14-29(25(19)32)16-18-10-8-7-9-11-18;1-14(2,3)8-7-9-10-11(20-15(4,5)19-9)12(17-6)13(16)18-10;13-11-9-16-7-6-14(12(11)15)8-10-4-2-1-3-5-10;/h7-13,19-23,30H,14-17H2,1-6H3,(H,28,31);7-12H,6H2,1-5H3;1-5,11H,6-9,13H2;1H/q;+1;;/b13-12+;8-7+;;/t19?,20-,21+,22-,23-;9-,10+,11-,12-;;/m11../s1. The number of fused-ring (bicyclic) bond motifs is 1. The predicted octanol–water partition coefficient (Wildman–Crippen LogP) is 6.47. The van der Waals surface area contributed by atoms with Crippen LogP contribution in [-0.4, -0.2) is 154 Å². The first-order chi connectivity index (χ1) is 33.8. The highest BCUT2D eigenvalue weighted by molar-refractivity contribution is 7.99. The highest BCUT2D eigenvalue weighted by atomic mass is 35.5. The summed E-state index contributed by atoms with van der Waals surface area (Å²) < 4.78 is 39.3. The Balaban J connectivity index is 0.000000262. The molecule has 10 atom stereocenters. The zero-order chi connectivity index (χ0) is 53.0. The Morgan fingerprint density at radius 1 is 0.795 bits per heavy atom. The molecule has 5 saturated heterocycles. The largest absolute Gasteiger partial charge is 0.454 e. The van der Waals surface area contributed by atoms with E-state index in [1.807, 2.05) is 118 Å². The molecule has 5 fully saturated rings. The lowest BCUT2D eigenvalue weighted by molar-refractivity contribution is -0.334. The van der Waals surface area contributed by atoms with Gasteiger partial charge in [-0.25, -0.2) is 4.79 Å². The number of allylic oxidation sites excluding steroid dienone is 2. The van der Waals surface area contributed by atoms with E-state index in [2.05, 4.69) is 33.2 Å². The number of methoxy groups -OCH3 is 1. The first-order valence-corrected chi connectivity index (χ1v) is 26.9. The van der Waals surface area contributed by atoms with E-state index in [1.165, 1.54) is 7.11 Å². The number of amides is 3. The number of benzene rings is 2. The van der Waals surface area contributed by atoms with Crippen LogP contribution >= 0.6 is 35.9 Å². The zero-order valence-electron chi connectivity index (χ0n) is 44.4. The lowest BCUT2D eigenvalue weighted by Crippen LogP contribution is -2.62. The van der Waals surface area contributed by atoms with Gasteiger partial charge in [-0.3, -0.25) is 14.4 Å². The van der Waals surface area contributed by atoms with Gasteiger partial charge in [0.05, 0.1) is 6.04 Å². The molecule has 3 amide bonds. The smallest absolute Gasteiger partial charge is 0.343 e. The number of nitrogens with zero attached hydrogens (tertiary/aromatic N) is 2. The van der Waals surface area contributed by atoms with Crippen LogP contribution in [0.4, 0.5) is 0 Å². The van der Waals surface area contributed by atoms with Crippen LogP contribution < -0.4 is 11.1 Å². The van der Waals surface area contributed by atoms with Gasteiger partial charge in [-0.05, 0) is 49.7 Å². The van der Waals surface area contributed by atoms with Crippen molar-refractivity contribution < 1.29 is 57.4 Å². The lowest BCUT2D eigenvalue weighted by Gasteiger charge is -2.45. The summed E-state index contributed by atoms with van der Waals surface area (Å²) in [4.78, 5) is 54.1. The second-order valence-electron chi connectivity index (χ2n) is 21.5. The third-order valence-corrected chi connectivity index (χ3v) is 14.0. The van der Waals surface area contributed by atoms with Gasteiger partial charge in [0, 0.05) is 56.3 Å². The molecule has 4 N–H and O–H groups in total. The lowest BCUT2D eigenvalue weighted by atomic mass is 9.93. The summed E-state index contributed by atoms with van der Waals surface area (Å²) in [7, 11) is 4.72. The van der Waals surface area contributed by atoms with Gasteiger partial charge in [-0.15, -0.1) is 12.4 Å². The van der Waals surface area contributed by atoms with Gasteiger partial charge in [-0.2, -0.15) is 28.3 Å². The molecule has 2 unspecified atom stereocenters. The van der Waals surface area contributed by atoms with Gasteiger partial charge in [-0.1, -0.05) is 127 Å². The van der Waals surface area contributed by atoms with Crippen molar-refractivity contribution in [2.45, 2.75) is 155 Å². The van der Waals surface area contributed by atoms with Crippen molar-refractivity contribution in [1.29, 1.82) is 0 Å². The number of thioether (sulfide) groups is 2. The molecule has 0 aromatic heterocycles. The zero-order valence-corrected chi connectivity index (χ0v) is 46.8. The summed E-state index contributed by atoms with van der Waals surface area (Å²) in [6, 6.07) is 18.8. The SMILES string of the molecule is CO[C@@H](C(=O)NC1CSCCN(Cc2ccccc2)C1=O)[C@@H]1OC(C)(C)O[C@H](/C=C/C(C)(C)C)[C@@H]1O.Cl.NC1CSCCN(Cc2ccccc2)C1=O.[CH2+]O[C@H]1C(=O)O[C@@H]2[C@H]1OC(C)(C)O[C@@H]2/C=C/C(C)(C)C. The van der Waals surface area contributed by atoms with Crippen molar-refractivity contribution in [3.8, 4) is 0 Å². The number of carbonyl (C=O) groups excluding carboxylic acids is 4. The Bertz CT molecular complexity index is 2140. The van der Waals surface area contributed by atoms with Crippen LogP contribution in [-0.2, 0) is 65.4 Å². The maximum atomic E-state index is 13.4. The highest BCUT2D eigenvalue weighted by Gasteiger charge is 2.57. The topological polar surface area (TPSA) is 198 Å². The van der Waals surface area contributed by atoms with Crippen LogP contribution in [0.15, 0.2) is 85.0 Å². The molecule has 0 saturated carbocycles. The average molecular weight is 1080 g/mol. The quantitative estimate of drug-likeness (QED) is 0.126. The Morgan fingerprint density at radius 2 is 1.29 bits per heavy atom. The molecule has 5 heterocycles. The first kappa shape index (κ1) is 61.9. The van der Waals surface area contributed by atoms with E-state index < -0.39 is 72.2 Å². The van der Waals surface area contributed by atoms with Gasteiger partial charge in [0.1, 0.15) is 36.6 Å². The fourth-order valence-corrected chi connectivity index (χ4v) is 10.3. The Labute approximate surface area is 447 Å². The number of aliphatic hydroxyl groups excluding tert-OH is 1. The van der Waals surface area contributed by atoms with Crippen molar-refractivity contribution in [3.63, 3.8) is 0 Å². The van der Waals surface area contributed by atoms with Gasteiger partial charge in [0.2, 0.25) is 25.0 Å². The number of hydrogen-bond acceptors (Lipinski definition) is 15. The molecule has 0 radical (unpaired) electrons. The summed E-state index contributed by atoms with van der Waals surface area (Å²) in [6.07, 6.45) is 1.66. The van der Waals surface area contributed by atoms with E-state index in [0.717, 1.165) is 34.9 Å². The Kier molecular flexibility index (Phi) is 23.2.